The van der Waals surface area contributed by atoms with Crippen LogP contribution in [-0.2, 0) is 11.8 Å². The largest absolute Gasteiger partial charge is 0.478 e. The molecule has 1 heterocycles. The van der Waals surface area contributed by atoms with E-state index in [0.717, 1.165) is 10.7 Å². The predicted octanol–water partition coefficient (Wildman–Crippen LogP) is 3.11. The Morgan fingerprint density at radius 3 is 2.57 bits per heavy atom. The summed E-state index contributed by atoms with van der Waals surface area (Å²) in [6.45, 7) is 6.82. The fraction of sp³-hybridized carbons (Fsp3) is 0.353. The van der Waals surface area contributed by atoms with Gasteiger partial charge in [0.2, 0.25) is 0 Å². The van der Waals surface area contributed by atoms with E-state index in [2.05, 4.69) is 31.1 Å². The summed E-state index contributed by atoms with van der Waals surface area (Å²) in [5.74, 6) is -1.32. The molecule has 0 bridgehead atoms. The lowest BCUT2D eigenvalue weighted by molar-refractivity contribution is 0.0697. The normalized spacial score (nSPS) is 11.3. The van der Waals surface area contributed by atoms with Crippen molar-refractivity contribution in [3.05, 3.63) is 51.5 Å². The maximum Gasteiger partial charge on any atom is 0.335 e. The summed E-state index contributed by atoms with van der Waals surface area (Å²) >= 11 is 1.63. The van der Waals surface area contributed by atoms with Crippen LogP contribution >= 0.6 is 11.3 Å². The Labute approximate surface area is 139 Å². The molecule has 0 fully saturated rings. The molecule has 2 N–H and O–H groups in total. The number of aromatic carboxylic acids is 1. The Hall–Kier alpha value is -2.21. The molecule has 0 aliphatic carbocycles. The van der Waals surface area contributed by atoms with Crippen molar-refractivity contribution in [3.8, 4) is 0 Å². The molecule has 0 unspecified atom stereocenters. The van der Waals surface area contributed by atoms with Crippen molar-refractivity contribution in [1.82, 2.24) is 10.3 Å². The molecule has 0 atom stereocenters. The topological polar surface area (TPSA) is 79.3 Å². The van der Waals surface area contributed by atoms with Crippen molar-refractivity contribution in [2.24, 2.45) is 0 Å². The highest BCUT2D eigenvalue weighted by Crippen LogP contribution is 2.25. The molecule has 0 spiro atoms. The number of carbonyl (C=O) groups excluding carboxylic acids is 1. The Morgan fingerprint density at radius 1 is 1.26 bits per heavy atom. The summed E-state index contributed by atoms with van der Waals surface area (Å²) in [6.07, 6.45) is 0.650. The van der Waals surface area contributed by atoms with E-state index < -0.39 is 5.97 Å². The molecule has 0 saturated heterocycles. The summed E-state index contributed by atoms with van der Waals surface area (Å²) in [5, 5.41) is 14.8. The van der Waals surface area contributed by atoms with E-state index in [1.165, 1.54) is 12.1 Å². The van der Waals surface area contributed by atoms with Gasteiger partial charge in [0, 0.05) is 29.3 Å². The highest BCUT2D eigenvalue weighted by Gasteiger charge is 2.18. The highest BCUT2D eigenvalue weighted by molar-refractivity contribution is 7.09. The van der Waals surface area contributed by atoms with Gasteiger partial charge in [-0.2, -0.15) is 0 Å². The maximum atomic E-state index is 12.1. The number of aromatic nitrogens is 1. The van der Waals surface area contributed by atoms with Crippen molar-refractivity contribution < 1.29 is 14.7 Å². The number of benzene rings is 1. The summed E-state index contributed by atoms with van der Waals surface area (Å²) in [7, 11) is 0. The number of carboxylic acids is 1. The van der Waals surface area contributed by atoms with Crippen LogP contribution in [-0.4, -0.2) is 28.5 Å². The minimum absolute atomic E-state index is 0.0312. The van der Waals surface area contributed by atoms with Gasteiger partial charge < -0.3 is 10.4 Å². The molecule has 1 amide bonds. The second kappa shape index (κ2) is 6.91. The van der Waals surface area contributed by atoms with Gasteiger partial charge in [-0.1, -0.05) is 26.8 Å². The molecule has 2 rings (SSSR count). The lowest BCUT2D eigenvalue weighted by Gasteiger charge is -2.13. The van der Waals surface area contributed by atoms with Crippen molar-refractivity contribution in [2.75, 3.05) is 6.54 Å². The first-order chi connectivity index (χ1) is 10.8. The number of nitrogens with one attached hydrogen (secondary N) is 1. The van der Waals surface area contributed by atoms with E-state index >= 15 is 0 Å². The van der Waals surface area contributed by atoms with E-state index in [4.69, 9.17) is 5.11 Å². The number of hydrogen-bond donors (Lipinski definition) is 2. The Morgan fingerprint density at radius 2 is 1.96 bits per heavy atom. The van der Waals surface area contributed by atoms with Crippen LogP contribution < -0.4 is 5.32 Å². The molecule has 0 saturated carbocycles. The van der Waals surface area contributed by atoms with Gasteiger partial charge in [-0.3, -0.25) is 4.79 Å². The zero-order valence-electron chi connectivity index (χ0n) is 13.4. The van der Waals surface area contributed by atoms with Gasteiger partial charge >= 0.3 is 5.97 Å². The molecule has 1 aromatic carbocycles. The van der Waals surface area contributed by atoms with E-state index in [1.54, 1.807) is 23.5 Å². The minimum Gasteiger partial charge on any atom is -0.478 e. The maximum absolute atomic E-state index is 12.1. The Kier molecular flexibility index (Phi) is 5.15. The standard InChI is InChI=1S/C17H20N2O3S/c1-17(2,3)16-19-13(10-23-16)7-8-18-14(20)11-5-4-6-12(9-11)15(21)22/h4-6,9-10H,7-8H2,1-3H3,(H,18,20)(H,21,22). The molecule has 0 aliphatic rings. The zero-order valence-corrected chi connectivity index (χ0v) is 14.2. The SMILES string of the molecule is CC(C)(C)c1nc(CCNC(=O)c2cccc(C(=O)O)c2)cs1. The van der Waals surface area contributed by atoms with Crippen LogP contribution in [0.5, 0.6) is 0 Å². The Balaban J connectivity index is 1.91. The summed E-state index contributed by atoms with van der Waals surface area (Å²) < 4.78 is 0. The van der Waals surface area contributed by atoms with Gasteiger partial charge in [-0.15, -0.1) is 11.3 Å². The van der Waals surface area contributed by atoms with Crippen molar-refractivity contribution in [1.29, 1.82) is 0 Å². The van der Waals surface area contributed by atoms with E-state index in [1.807, 2.05) is 5.38 Å². The number of rotatable bonds is 5. The first-order valence-electron chi connectivity index (χ1n) is 7.34. The molecule has 23 heavy (non-hydrogen) atoms. The summed E-state index contributed by atoms with van der Waals surface area (Å²) in [5.41, 5.74) is 1.44. The van der Waals surface area contributed by atoms with E-state index in [-0.39, 0.29) is 16.9 Å². The van der Waals surface area contributed by atoms with Crippen molar-refractivity contribution in [2.45, 2.75) is 32.6 Å². The number of amides is 1. The molecule has 1 aromatic heterocycles. The number of carboxylic acid groups (broad SMARTS) is 1. The molecule has 0 aliphatic heterocycles. The molecular formula is C17H20N2O3S. The van der Waals surface area contributed by atoms with Crippen LogP contribution in [0.3, 0.4) is 0 Å². The van der Waals surface area contributed by atoms with Crippen LogP contribution in [0.2, 0.25) is 0 Å². The van der Waals surface area contributed by atoms with Gasteiger partial charge in [0.1, 0.15) is 0 Å². The van der Waals surface area contributed by atoms with Crippen LogP contribution in [0, 0.1) is 0 Å². The van der Waals surface area contributed by atoms with Crippen LogP contribution in [0.25, 0.3) is 0 Å². The molecule has 6 heteroatoms. The predicted molar refractivity (Wildman–Crippen MR) is 90.3 cm³/mol. The number of nitrogens with zero attached hydrogens (tertiary/aromatic N) is 1. The number of thiazole rings is 1. The smallest absolute Gasteiger partial charge is 0.335 e. The van der Waals surface area contributed by atoms with Gasteiger partial charge in [0.15, 0.2) is 0 Å². The van der Waals surface area contributed by atoms with E-state index in [0.29, 0.717) is 18.5 Å². The van der Waals surface area contributed by atoms with Gasteiger partial charge in [0.25, 0.3) is 5.91 Å². The molecule has 2 aromatic rings. The first kappa shape index (κ1) is 17.1. The lowest BCUT2D eigenvalue weighted by atomic mass is 9.98. The average molecular weight is 332 g/mol. The third kappa shape index (κ3) is 4.63. The second-order valence-corrected chi connectivity index (χ2v) is 7.14. The summed E-state index contributed by atoms with van der Waals surface area (Å²) in [4.78, 5) is 27.5. The average Bonchev–Trinajstić information content (AvgIpc) is 2.96. The zero-order chi connectivity index (χ0) is 17.0. The second-order valence-electron chi connectivity index (χ2n) is 6.29. The minimum atomic E-state index is -1.04. The monoisotopic (exact) mass is 332 g/mol. The molecule has 122 valence electrons. The fourth-order valence-corrected chi connectivity index (χ4v) is 2.91. The Bertz CT molecular complexity index is 717. The van der Waals surface area contributed by atoms with Crippen molar-refractivity contribution in [3.63, 3.8) is 0 Å². The van der Waals surface area contributed by atoms with E-state index in [9.17, 15) is 9.59 Å². The molecular weight excluding hydrogens is 312 g/mol. The molecule has 5 nitrogen and oxygen atoms in total. The third-order valence-electron chi connectivity index (χ3n) is 3.23. The van der Waals surface area contributed by atoms with Crippen molar-refractivity contribution >= 4 is 23.2 Å². The van der Waals surface area contributed by atoms with Crippen LogP contribution in [0.15, 0.2) is 29.6 Å². The third-order valence-corrected chi connectivity index (χ3v) is 4.55. The summed E-state index contributed by atoms with van der Waals surface area (Å²) in [6, 6.07) is 6.00. The number of hydrogen-bond acceptors (Lipinski definition) is 4. The van der Waals surface area contributed by atoms with Crippen LogP contribution in [0.1, 0.15) is 52.2 Å². The molecule has 0 radical (unpaired) electrons. The quantitative estimate of drug-likeness (QED) is 0.882. The van der Waals surface area contributed by atoms with Gasteiger partial charge in [0.05, 0.1) is 16.3 Å². The van der Waals surface area contributed by atoms with Gasteiger partial charge in [-0.25, -0.2) is 9.78 Å². The fourth-order valence-electron chi connectivity index (χ4n) is 1.97. The number of carbonyl (C=O) groups is 2. The lowest BCUT2D eigenvalue weighted by Crippen LogP contribution is -2.26. The van der Waals surface area contributed by atoms with Crippen LogP contribution in [0.4, 0.5) is 0 Å². The highest BCUT2D eigenvalue weighted by atomic mass is 32.1. The van der Waals surface area contributed by atoms with Gasteiger partial charge in [-0.05, 0) is 18.2 Å². The first-order valence-corrected chi connectivity index (χ1v) is 8.22.